The van der Waals surface area contributed by atoms with Crippen LogP contribution in [0, 0.1) is 20.8 Å². The third-order valence-corrected chi connectivity index (χ3v) is 6.19. The van der Waals surface area contributed by atoms with Gasteiger partial charge in [-0.2, -0.15) is 5.10 Å². The normalized spacial score (nSPS) is 13.6. The summed E-state index contributed by atoms with van der Waals surface area (Å²) in [7, 11) is 1.75. The molecule has 0 spiro atoms. The molecule has 2 amide bonds. The fraction of sp³-hybridized carbons (Fsp3) is 0.370. The lowest BCUT2D eigenvalue weighted by Gasteiger charge is -2.28. The topological polar surface area (TPSA) is 91.7 Å². The molecular formula is C27H34N6O3. The van der Waals surface area contributed by atoms with E-state index in [1.807, 2.05) is 74.0 Å². The van der Waals surface area contributed by atoms with Crippen LogP contribution in [0.3, 0.4) is 0 Å². The lowest BCUT2D eigenvalue weighted by molar-refractivity contribution is -0.119. The number of carbonyl (C=O) groups excluding carboxylic acids is 2. The molecule has 0 radical (unpaired) electrons. The first-order chi connectivity index (χ1) is 17.3. The van der Waals surface area contributed by atoms with Crippen molar-refractivity contribution in [2.45, 2.75) is 20.8 Å². The molecule has 2 heterocycles. The van der Waals surface area contributed by atoms with Crippen molar-refractivity contribution in [2.75, 3.05) is 62.0 Å². The van der Waals surface area contributed by atoms with Gasteiger partial charge in [0, 0.05) is 24.5 Å². The molecule has 2 N–H and O–H groups in total. The van der Waals surface area contributed by atoms with Crippen LogP contribution in [0.15, 0.2) is 48.5 Å². The number of aromatic nitrogens is 2. The zero-order valence-corrected chi connectivity index (χ0v) is 21.4. The second-order valence-corrected chi connectivity index (χ2v) is 9.21. The van der Waals surface area contributed by atoms with Gasteiger partial charge in [-0.05, 0) is 64.2 Å². The molecule has 36 heavy (non-hydrogen) atoms. The molecule has 3 aromatic rings. The molecule has 1 aliphatic rings. The molecule has 0 aliphatic carbocycles. The maximum absolute atomic E-state index is 12.7. The summed E-state index contributed by atoms with van der Waals surface area (Å²) in [6.45, 7) is 9.20. The molecule has 0 saturated carbocycles. The highest BCUT2D eigenvalue weighted by molar-refractivity contribution is 5.95. The number of hydrogen-bond acceptors (Lipinski definition) is 6. The number of nitrogens with zero attached hydrogens (tertiary/aromatic N) is 4. The molecular weight excluding hydrogens is 456 g/mol. The van der Waals surface area contributed by atoms with Crippen molar-refractivity contribution in [1.82, 2.24) is 14.7 Å². The van der Waals surface area contributed by atoms with Crippen molar-refractivity contribution in [2.24, 2.45) is 0 Å². The van der Waals surface area contributed by atoms with Gasteiger partial charge in [0.05, 0.1) is 49.1 Å². The minimum absolute atomic E-state index is 0.0813. The number of morpholine rings is 1. The summed E-state index contributed by atoms with van der Waals surface area (Å²) in [5.74, 6) is -0.376. The average Bonchev–Trinajstić information content (AvgIpc) is 3.13. The zero-order chi connectivity index (χ0) is 25.7. The van der Waals surface area contributed by atoms with Crippen molar-refractivity contribution in [3.05, 3.63) is 65.5 Å². The fourth-order valence-electron chi connectivity index (χ4n) is 4.26. The van der Waals surface area contributed by atoms with Gasteiger partial charge in [-0.15, -0.1) is 0 Å². The number of ether oxygens (including phenoxy) is 1. The maximum Gasteiger partial charge on any atom is 0.238 e. The summed E-state index contributed by atoms with van der Waals surface area (Å²) in [5, 5.41) is 10.5. The third-order valence-electron chi connectivity index (χ3n) is 6.19. The van der Waals surface area contributed by atoms with E-state index < -0.39 is 0 Å². The van der Waals surface area contributed by atoms with Gasteiger partial charge in [-0.25, -0.2) is 4.68 Å². The standard InChI is InChI=1S/C27H34N6O3/c1-19-5-9-24(10-6-19)33-21(3)27(20(2)30-33)29-26(35)18-31(4)17-25(34)28-22-7-11-23(12-8-22)32-13-15-36-16-14-32/h5-12H,13-18H2,1-4H3,(H,28,34)(H,29,35). The Morgan fingerprint density at radius 3 is 2.11 bits per heavy atom. The highest BCUT2D eigenvalue weighted by Crippen LogP contribution is 2.23. The van der Waals surface area contributed by atoms with Crippen LogP contribution < -0.4 is 15.5 Å². The van der Waals surface area contributed by atoms with Crippen molar-refractivity contribution in [1.29, 1.82) is 0 Å². The van der Waals surface area contributed by atoms with E-state index in [1.165, 1.54) is 5.56 Å². The fourth-order valence-corrected chi connectivity index (χ4v) is 4.26. The highest BCUT2D eigenvalue weighted by Gasteiger charge is 2.17. The van der Waals surface area contributed by atoms with Crippen LogP contribution in [0.5, 0.6) is 0 Å². The van der Waals surface area contributed by atoms with E-state index in [0.29, 0.717) is 5.69 Å². The van der Waals surface area contributed by atoms with Crippen molar-refractivity contribution in [3.63, 3.8) is 0 Å². The average molecular weight is 491 g/mol. The van der Waals surface area contributed by atoms with Crippen LogP contribution in [0.2, 0.25) is 0 Å². The summed E-state index contributed by atoms with van der Waals surface area (Å²) in [4.78, 5) is 29.2. The molecule has 9 heteroatoms. The summed E-state index contributed by atoms with van der Waals surface area (Å²) in [5.41, 5.74) is 6.23. The predicted molar refractivity (Wildman–Crippen MR) is 142 cm³/mol. The molecule has 4 rings (SSSR count). The first kappa shape index (κ1) is 25.4. The Labute approximate surface area is 212 Å². The number of likely N-dealkylation sites (N-methyl/N-ethyl adjacent to an activating group) is 1. The molecule has 2 aromatic carbocycles. The number of carbonyl (C=O) groups is 2. The molecule has 0 unspecified atom stereocenters. The summed E-state index contributed by atoms with van der Waals surface area (Å²) in [6.07, 6.45) is 0. The Bertz CT molecular complexity index is 1200. The SMILES string of the molecule is Cc1ccc(-n2nc(C)c(NC(=O)CN(C)CC(=O)Nc3ccc(N4CCOCC4)cc3)c2C)cc1. The second kappa shape index (κ2) is 11.4. The van der Waals surface area contributed by atoms with E-state index in [0.717, 1.165) is 54.8 Å². The Morgan fingerprint density at radius 2 is 1.47 bits per heavy atom. The van der Waals surface area contributed by atoms with Crippen LogP contribution in [-0.2, 0) is 14.3 Å². The zero-order valence-electron chi connectivity index (χ0n) is 21.4. The number of anilines is 3. The molecule has 9 nitrogen and oxygen atoms in total. The molecule has 1 aliphatic heterocycles. The van der Waals surface area contributed by atoms with E-state index in [-0.39, 0.29) is 24.9 Å². The van der Waals surface area contributed by atoms with Crippen LogP contribution in [0.1, 0.15) is 17.0 Å². The van der Waals surface area contributed by atoms with E-state index in [9.17, 15) is 9.59 Å². The van der Waals surface area contributed by atoms with E-state index in [4.69, 9.17) is 4.74 Å². The minimum atomic E-state index is -0.199. The van der Waals surface area contributed by atoms with Gasteiger partial charge in [-0.3, -0.25) is 14.5 Å². The lowest BCUT2D eigenvalue weighted by atomic mass is 10.2. The summed E-state index contributed by atoms with van der Waals surface area (Å²) in [6, 6.07) is 15.9. The second-order valence-electron chi connectivity index (χ2n) is 9.21. The van der Waals surface area contributed by atoms with Crippen molar-refractivity contribution < 1.29 is 14.3 Å². The highest BCUT2D eigenvalue weighted by atomic mass is 16.5. The van der Waals surface area contributed by atoms with Crippen LogP contribution in [0.4, 0.5) is 17.1 Å². The van der Waals surface area contributed by atoms with E-state index >= 15 is 0 Å². The quantitative estimate of drug-likeness (QED) is 0.504. The van der Waals surface area contributed by atoms with E-state index in [2.05, 4.69) is 20.6 Å². The number of nitrogens with one attached hydrogen (secondary N) is 2. The lowest BCUT2D eigenvalue weighted by Crippen LogP contribution is -2.36. The molecule has 190 valence electrons. The Balaban J connectivity index is 1.28. The van der Waals surface area contributed by atoms with Gasteiger partial charge in [0.25, 0.3) is 0 Å². The summed E-state index contributed by atoms with van der Waals surface area (Å²) < 4.78 is 7.22. The monoisotopic (exact) mass is 490 g/mol. The van der Waals surface area contributed by atoms with Crippen molar-refractivity contribution in [3.8, 4) is 5.69 Å². The van der Waals surface area contributed by atoms with Crippen LogP contribution >= 0.6 is 0 Å². The number of aryl methyl sites for hydroxylation is 2. The van der Waals surface area contributed by atoms with Gasteiger partial charge in [0.15, 0.2) is 0 Å². The molecule has 1 saturated heterocycles. The van der Waals surface area contributed by atoms with Crippen LogP contribution in [-0.4, -0.2) is 72.9 Å². The maximum atomic E-state index is 12.7. The summed E-state index contributed by atoms with van der Waals surface area (Å²) >= 11 is 0. The molecule has 1 aromatic heterocycles. The smallest absolute Gasteiger partial charge is 0.238 e. The largest absolute Gasteiger partial charge is 0.378 e. The molecule has 1 fully saturated rings. The predicted octanol–water partition coefficient (Wildman–Crippen LogP) is 3.14. The number of hydrogen-bond donors (Lipinski definition) is 2. The third kappa shape index (κ3) is 6.30. The Hall–Kier alpha value is -3.69. The number of amides is 2. The van der Waals surface area contributed by atoms with Gasteiger partial charge in [-0.1, -0.05) is 17.7 Å². The van der Waals surface area contributed by atoms with Gasteiger partial charge >= 0.3 is 0 Å². The van der Waals surface area contributed by atoms with Crippen LogP contribution in [0.25, 0.3) is 5.69 Å². The van der Waals surface area contributed by atoms with Gasteiger partial charge in [0.1, 0.15) is 0 Å². The molecule has 0 atom stereocenters. The first-order valence-corrected chi connectivity index (χ1v) is 12.1. The van der Waals surface area contributed by atoms with Gasteiger partial charge in [0.2, 0.25) is 11.8 Å². The Kier molecular flexibility index (Phi) is 8.02. The minimum Gasteiger partial charge on any atom is -0.378 e. The van der Waals surface area contributed by atoms with Gasteiger partial charge < -0.3 is 20.3 Å². The Morgan fingerprint density at radius 1 is 0.889 bits per heavy atom. The number of benzene rings is 2. The van der Waals surface area contributed by atoms with Crippen molar-refractivity contribution >= 4 is 28.9 Å². The first-order valence-electron chi connectivity index (χ1n) is 12.1. The van der Waals surface area contributed by atoms with E-state index in [1.54, 1.807) is 11.9 Å². The molecule has 0 bridgehead atoms. The number of rotatable bonds is 8.